The molecule has 1 aliphatic rings. The van der Waals surface area contributed by atoms with Crippen LogP contribution in [0.4, 0.5) is 0 Å². The van der Waals surface area contributed by atoms with Crippen LogP contribution in [-0.4, -0.2) is 4.98 Å². The van der Waals surface area contributed by atoms with Crippen LogP contribution in [0.2, 0.25) is 0 Å². The molecule has 2 heteroatoms. The predicted molar refractivity (Wildman–Crippen MR) is 134 cm³/mol. The molecule has 0 atom stereocenters. The Hall–Kier alpha value is -3.13. The van der Waals surface area contributed by atoms with Gasteiger partial charge in [0.15, 0.2) is 0 Å². The summed E-state index contributed by atoms with van der Waals surface area (Å²) in [6, 6.07) is 22.1. The first kappa shape index (κ1) is 19.5. The molecular weight excluding hydrogens is 390 g/mol. The first-order valence-electron chi connectivity index (χ1n) is 11.8. The minimum Gasteiger partial charge on any atom is -0.455 e. The maximum absolute atomic E-state index is 6.42. The molecule has 160 valence electrons. The third kappa shape index (κ3) is 3.12. The molecule has 1 fully saturated rings. The Kier molecular flexibility index (Phi) is 4.40. The number of hydrogen-bond donors (Lipinski definition) is 0. The van der Waals surface area contributed by atoms with Crippen molar-refractivity contribution in [1.29, 1.82) is 0 Å². The second-order valence-corrected chi connectivity index (χ2v) is 10.4. The highest BCUT2D eigenvalue weighted by Crippen LogP contribution is 2.42. The molecule has 0 amide bonds. The van der Waals surface area contributed by atoms with E-state index in [-0.39, 0.29) is 5.41 Å². The molecule has 0 saturated heterocycles. The normalized spacial score (nSPS) is 15.3. The molecule has 3 aromatic carbocycles. The van der Waals surface area contributed by atoms with Crippen molar-refractivity contribution in [2.24, 2.45) is 0 Å². The lowest BCUT2D eigenvalue weighted by Crippen LogP contribution is -2.11. The van der Waals surface area contributed by atoms with Crippen molar-refractivity contribution in [2.45, 2.75) is 57.8 Å². The first-order chi connectivity index (χ1) is 15.5. The molecule has 0 aliphatic heterocycles. The van der Waals surface area contributed by atoms with Gasteiger partial charge in [0.25, 0.3) is 0 Å². The van der Waals surface area contributed by atoms with Crippen LogP contribution in [0.15, 0.2) is 71.3 Å². The van der Waals surface area contributed by atoms with E-state index in [9.17, 15) is 0 Å². The zero-order chi connectivity index (χ0) is 21.9. The lowest BCUT2D eigenvalue weighted by atomic mass is 9.84. The van der Waals surface area contributed by atoms with Gasteiger partial charge in [0.05, 0.1) is 5.69 Å². The standard InChI is InChI=1S/C30H29NO/c1-30(2,3)22-17-25-24-10-6-7-11-27(24)32-29(25)26(18-22)28-23-13-12-20(19-8-4-5-9-19)16-21(23)14-15-31-28/h6-7,10-19H,4-5,8-9H2,1-3H3. The van der Waals surface area contributed by atoms with Crippen LogP contribution in [0, 0.1) is 0 Å². The minimum atomic E-state index is 0.0293. The SMILES string of the molecule is CC(C)(C)c1cc(-c2nccc3cc(C4CCCC4)ccc23)c2oc3ccccc3c2c1. The summed E-state index contributed by atoms with van der Waals surface area (Å²) in [5.74, 6) is 0.710. The van der Waals surface area contributed by atoms with Gasteiger partial charge in [-0.2, -0.15) is 0 Å². The third-order valence-corrected chi connectivity index (χ3v) is 7.21. The Bertz CT molecular complexity index is 1460. The highest BCUT2D eigenvalue weighted by Gasteiger charge is 2.22. The summed E-state index contributed by atoms with van der Waals surface area (Å²) in [6.07, 6.45) is 7.30. The van der Waals surface area contributed by atoms with E-state index in [1.807, 2.05) is 12.3 Å². The Morgan fingerprint density at radius 2 is 1.66 bits per heavy atom. The molecule has 0 radical (unpaired) electrons. The van der Waals surface area contributed by atoms with E-state index in [4.69, 9.17) is 9.40 Å². The molecule has 5 aromatic rings. The van der Waals surface area contributed by atoms with Crippen molar-refractivity contribution in [3.8, 4) is 11.3 Å². The highest BCUT2D eigenvalue weighted by atomic mass is 16.3. The number of pyridine rings is 1. The average molecular weight is 420 g/mol. The predicted octanol–water partition coefficient (Wildman–Crippen LogP) is 8.76. The van der Waals surface area contributed by atoms with Crippen molar-refractivity contribution in [3.63, 3.8) is 0 Å². The lowest BCUT2D eigenvalue weighted by Gasteiger charge is -2.20. The van der Waals surface area contributed by atoms with Crippen LogP contribution in [0.5, 0.6) is 0 Å². The monoisotopic (exact) mass is 419 g/mol. The maximum Gasteiger partial charge on any atom is 0.144 e. The summed E-state index contributed by atoms with van der Waals surface area (Å²) in [5.41, 5.74) is 6.76. The molecule has 2 aromatic heterocycles. The fraction of sp³-hybridized carbons (Fsp3) is 0.300. The topological polar surface area (TPSA) is 26.0 Å². The van der Waals surface area contributed by atoms with Crippen LogP contribution in [-0.2, 0) is 5.41 Å². The van der Waals surface area contributed by atoms with Crippen molar-refractivity contribution in [1.82, 2.24) is 4.98 Å². The summed E-state index contributed by atoms with van der Waals surface area (Å²) in [5, 5.41) is 4.80. The van der Waals surface area contributed by atoms with Gasteiger partial charge in [0.1, 0.15) is 11.2 Å². The van der Waals surface area contributed by atoms with E-state index in [1.54, 1.807) is 0 Å². The first-order valence-corrected chi connectivity index (χ1v) is 11.8. The van der Waals surface area contributed by atoms with Crippen LogP contribution >= 0.6 is 0 Å². The number of aromatic nitrogens is 1. The zero-order valence-corrected chi connectivity index (χ0v) is 19.1. The fourth-order valence-corrected chi connectivity index (χ4v) is 5.36. The van der Waals surface area contributed by atoms with Gasteiger partial charge in [-0.25, -0.2) is 0 Å². The van der Waals surface area contributed by atoms with E-state index in [0.29, 0.717) is 5.92 Å². The van der Waals surface area contributed by atoms with Gasteiger partial charge in [-0.05, 0) is 65.0 Å². The number of hydrogen-bond acceptors (Lipinski definition) is 2. The van der Waals surface area contributed by atoms with Crippen molar-refractivity contribution in [2.75, 3.05) is 0 Å². The Morgan fingerprint density at radius 1 is 0.844 bits per heavy atom. The van der Waals surface area contributed by atoms with E-state index >= 15 is 0 Å². The Balaban J connectivity index is 1.63. The van der Waals surface area contributed by atoms with Crippen LogP contribution in [0.1, 0.15) is 63.5 Å². The molecule has 2 heterocycles. The molecule has 32 heavy (non-hydrogen) atoms. The molecule has 0 unspecified atom stereocenters. The molecular formula is C30H29NO. The fourth-order valence-electron chi connectivity index (χ4n) is 5.36. The van der Waals surface area contributed by atoms with Gasteiger partial charge in [0.2, 0.25) is 0 Å². The van der Waals surface area contributed by atoms with Gasteiger partial charge >= 0.3 is 0 Å². The molecule has 6 rings (SSSR count). The Morgan fingerprint density at radius 3 is 2.47 bits per heavy atom. The van der Waals surface area contributed by atoms with Gasteiger partial charge in [-0.3, -0.25) is 4.98 Å². The minimum absolute atomic E-state index is 0.0293. The second kappa shape index (κ2) is 7.20. The number of fused-ring (bicyclic) bond motifs is 4. The average Bonchev–Trinajstić information content (AvgIpc) is 3.45. The zero-order valence-electron chi connectivity index (χ0n) is 19.1. The molecule has 1 saturated carbocycles. The van der Waals surface area contributed by atoms with E-state index in [2.05, 4.69) is 75.4 Å². The maximum atomic E-state index is 6.42. The molecule has 1 aliphatic carbocycles. The largest absolute Gasteiger partial charge is 0.455 e. The Labute approximate surface area is 189 Å². The van der Waals surface area contributed by atoms with Gasteiger partial charge in [0, 0.05) is 27.9 Å². The molecule has 0 spiro atoms. The quantitative estimate of drug-likeness (QED) is 0.286. The molecule has 0 N–H and O–H groups in total. The van der Waals surface area contributed by atoms with Gasteiger partial charge < -0.3 is 4.42 Å². The number of nitrogens with zero attached hydrogens (tertiary/aromatic N) is 1. The number of furan rings is 1. The van der Waals surface area contributed by atoms with Gasteiger partial charge in [-0.1, -0.05) is 70.0 Å². The van der Waals surface area contributed by atoms with Crippen molar-refractivity contribution in [3.05, 3.63) is 78.0 Å². The summed E-state index contributed by atoms with van der Waals surface area (Å²) in [4.78, 5) is 4.89. The third-order valence-electron chi connectivity index (χ3n) is 7.21. The lowest BCUT2D eigenvalue weighted by molar-refractivity contribution is 0.590. The number of para-hydroxylation sites is 1. The molecule has 2 nitrogen and oxygen atoms in total. The van der Waals surface area contributed by atoms with Crippen LogP contribution < -0.4 is 0 Å². The van der Waals surface area contributed by atoms with E-state index in [1.165, 1.54) is 58.4 Å². The van der Waals surface area contributed by atoms with E-state index < -0.39 is 0 Å². The summed E-state index contributed by atoms with van der Waals surface area (Å²) in [7, 11) is 0. The van der Waals surface area contributed by atoms with E-state index in [0.717, 1.165) is 22.4 Å². The summed E-state index contributed by atoms with van der Waals surface area (Å²) >= 11 is 0. The summed E-state index contributed by atoms with van der Waals surface area (Å²) in [6.45, 7) is 6.81. The summed E-state index contributed by atoms with van der Waals surface area (Å²) < 4.78 is 6.42. The van der Waals surface area contributed by atoms with Crippen molar-refractivity contribution >= 4 is 32.7 Å². The smallest absolute Gasteiger partial charge is 0.144 e. The van der Waals surface area contributed by atoms with Crippen LogP contribution in [0.25, 0.3) is 44.0 Å². The highest BCUT2D eigenvalue weighted by molar-refractivity contribution is 6.12. The van der Waals surface area contributed by atoms with Gasteiger partial charge in [-0.15, -0.1) is 0 Å². The number of benzene rings is 3. The van der Waals surface area contributed by atoms with Crippen molar-refractivity contribution < 1.29 is 4.42 Å². The number of rotatable bonds is 2. The second-order valence-electron chi connectivity index (χ2n) is 10.4. The molecule has 0 bridgehead atoms. The van der Waals surface area contributed by atoms with Crippen LogP contribution in [0.3, 0.4) is 0 Å².